The fraction of sp³-hybridized carbons (Fsp3) is 0.444. The number of aromatic nitrogens is 1. The normalized spacial score (nSPS) is 26.2. The van der Waals surface area contributed by atoms with Gasteiger partial charge in [0.1, 0.15) is 12.4 Å². The van der Waals surface area contributed by atoms with Gasteiger partial charge in [-0.1, -0.05) is 0 Å². The first-order valence-electron chi connectivity index (χ1n) is 8.42. The quantitative estimate of drug-likeness (QED) is 0.787. The molecular formula is C18H21N3O3. The molecule has 6 heteroatoms. The van der Waals surface area contributed by atoms with Crippen LogP contribution < -0.4 is 15.8 Å². The number of ether oxygens (including phenoxy) is 1. The Balaban J connectivity index is 1.57. The highest BCUT2D eigenvalue weighted by molar-refractivity contribution is 5.95. The van der Waals surface area contributed by atoms with Crippen molar-refractivity contribution in [3.8, 4) is 11.5 Å². The lowest BCUT2D eigenvalue weighted by Crippen LogP contribution is -2.41. The van der Waals surface area contributed by atoms with E-state index >= 15 is 0 Å². The van der Waals surface area contributed by atoms with Gasteiger partial charge >= 0.3 is 0 Å². The van der Waals surface area contributed by atoms with E-state index in [9.17, 15) is 9.90 Å². The van der Waals surface area contributed by atoms with E-state index in [1.807, 2.05) is 0 Å². The van der Waals surface area contributed by atoms with Crippen LogP contribution in [0.5, 0.6) is 11.5 Å². The van der Waals surface area contributed by atoms with Crippen LogP contribution in [0, 0.1) is 11.8 Å². The Labute approximate surface area is 140 Å². The number of phenols is 1. The van der Waals surface area contributed by atoms with E-state index in [0.717, 1.165) is 48.0 Å². The molecule has 126 valence electrons. The largest absolute Gasteiger partial charge is 0.508 e. The number of hydrogen-bond donors (Lipinski definition) is 3. The molecule has 24 heavy (non-hydrogen) atoms. The highest BCUT2D eigenvalue weighted by Gasteiger charge is 2.33. The Bertz CT molecular complexity index is 784. The smallest absolute Gasteiger partial charge is 0.220 e. The van der Waals surface area contributed by atoms with Gasteiger partial charge in [-0.15, -0.1) is 0 Å². The molecule has 2 heterocycles. The second-order valence-corrected chi connectivity index (χ2v) is 6.77. The minimum Gasteiger partial charge on any atom is -0.508 e. The van der Waals surface area contributed by atoms with Crippen LogP contribution in [0.2, 0.25) is 0 Å². The van der Waals surface area contributed by atoms with E-state index in [1.54, 1.807) is 24.4 Å². The molecule has 0 radical (unpaired) electrons. The van der Waals surface area contributed by atoms with Gasteiger partial charge < -0.3 is 20.9 Å². The number of phenolic OH excluding ortho intramolecular Hbond substituents is 1. The maximum Gasteiger partial charge on any atom is 0.220 e. The summed E-state index contributed by atoms with van der Waals surface area (Å²) in [6.45, 7) is 0.588. The number of rotatable bonds is 2. The summed E-state index contributed by atoms with van der Waals surface area (Å²) in [4.78, 5) is 15.7. The van der Waals surface area contributed by atoms with Crippen molar-refractivity contribution < 1.29 is 14.6 Å². The molecule has 0 spiro atoms. The van der Waals surface area contributed by atoms with Crippen molar-refractivity contribution in [2.75, 3.05) is 11.9 Å². The summed E-state index contributed by atoms with van der Waals surface area (Å²) in [6, 6.07) is 5.34. The summed E-state index contributed by atoms with van der Waals surface area (Å²) >= 11 is 0. The molecule has 2 aliphatic rings. The Morgan fingerprint density at radius 1 is 1.29 bits per heavy atom. The molecular weight excluding hydrogens is 306 g/mol. The van der Waals surface area contributed by atoms with Crippen molar-refractivity contribution >= 4 is 22.5 Å². The van der Waals surface area contributed by atoms with E-state index in [1.165, 1.54) is 0 Å². The third-order valence-electron chi connectivity index (χ3n) is 5.31. The summed E-state index contributed by atoms with van der Waals surface area (Å²) in [6.07, 6.45) is 5.37. The highest BCUT2D eigenvalue weighted by Crippen LogP contribution is 2.40. The van der Waals surface area contributed by atoms with Crippen LogP contribution in [-0.2, 0) is 4.79 Å². The Hall–Kier alpha value is -2.50. The first kappa shape index (κ1) is 15.1. The molecule has 1 unspecified atom stereocenters. The monoisotopic (exact) mass is 327 g/mol. The Morgan fingerprint density at radius 3 is 2.83 bits per heavy atom. The van der Waals surface area contributed by atoms with Crippen molar-refractivity contribution in [3.05, 3.63) is 24.4 Å². The molecule has 1 fully saturated rings. The number of fused-ring (bicyclic) bond motifs is 3. The molecule has 1 aromatic carbocycles. The molecule has 2 aromatic rings. The minimum absolute atomic E-state index is 0.0139. The standard InChI is InChI=1S/C18H21N3O3/c19-18(23)11-3-1-10(2-4-11)15-9-24-16-8-20-14-6-5-12(22)7-13(14)17(16)21-15/h5-8,10-11,15,21-22H,1-4,9H2,(H2,19,23). The van der Waals surface area contributed by atoms with Gasteiger partial charge in [-0.25, -0.2) is 0 Å². The fourth-order valence-electron chi connectivity index (χ4n) is 3.89. The van der Waals surface area contributed by atoms with E-state index in [4.69, 9.17) is 10.5 Å². The van der Waals surface area contributed by atoms with E-state index < -0.39 is 0 Å². The number of primary amides is 1. The van der Waals surface area contributed by atoms with E-state index in [0.29, 0.717) is 12.5 Å². The lowest BCUT2D eigenvalue weighted by atomic mass is 9.78. The van der Waals surface area contributed by atoms with Gasteiger partial charge in [0, 0.05) is 11.3 Å². The molecule has 0 saturated heterocycles. The van der Waals surface area contributed by atoms with Crippen LogP contribution in [0.25, 0.3) is 10.9 Å². The van der Waals surface area contributed by atoms with Crippen molar-refractivity contribution in [2.45, 2.75) is 31.7 Å². The number of carbonyl (C=O) groups excluding carboxylic acids is 1. The van der Waals surface area contributed by atoms with Gasteiger partial charge in [0.15, 0.2) is 5.75 Å². The highest BCUT2D eigenvalue weighted by atomic mass is 16.5. The zero-order chi connectivity index (χ0) is 16.7. The number of nitrogens with one attached hydrogen (secondary N) is 1. The Kier molecular flexibility index (Phi) is 3.67. The first-order chi connectivity index (χ1) is 11.6. The van der Waals surface area contributed by atoms with Gasteiger partial charge in [-0.3, -0.25) is 9.78 Å². The average molecular weight is 327 g/mol. The number of amides is 1. The van der Waals surface area contributed by atoms with E-state index in [2.05, 4.69) is 10.3 Å². The number of benzene rings is 1. The fourth-order valence-corrected chi connectivity index (χ4v) is 3.89. The molecule has 1 aliphatic heterocycles. The lowest BCUT2D eigenvalue weighted by molar-refractivity contribution is -0.123. The van der Waals surface area contributed by atoms with Gasteiger partial charge in [0.2, 0.25) is 5.91 Å². The van der Waals surface area contributed by atoms with Crippen LogP contribution in [0.15, 0.2) is 24.4 Å². The van der Waals surface area contributed by atoms with Crippen molar-refractivity contribution in [3.63, 3.8) is 0 Å². The van der Waals surface area contributed by atoms with Crippen LogP contribution >= 0.6 is 0 Å². The van der Waals surface area contributed by atoms with Crippen LogP contribution in [0.4, 0.5) is 5.69 Å². The molecule has 1 aromatic heterocycles. The van der Waals surface area contributed by atoms with Gasteiger partial charge in [-0.2, -0.15) is 0 Å². The van der Waals surface area contributed by atoms with Gasteiger partial charge in [0.05, 0.1) is 23.4 Å². The predicted octanol–water partition coefficient (Wildman–Crippen LogP) is 2.40. The molecule has 4 rings (SSSR count). The number of nitrogens with two attached hydrogens (primary N) is 1. The molecule has 6 nitrogen and oxygen atoms in total. The van der Waals surface area contributed by atoms with E-state index in [-0.39, 0.29) is 23.6 Å². The molecule has 1 atom stereocenters. The first-order valence-corrected chi connectivity index (χ1v) is 8.42. The SMILES string of the molecule is NC(=O)C1CCC(C2COc3cnc4ccc(O)cc4c3N2)CC1. The topological polar surface area (TPSA) is 97.5 Å². The number of anilines is 1. The number of nitrogens with zero attached hydrogens (tertiary/aromatic N) is 1. The predicted molar refractivity (Wildman–Crippen MR) is 91.0 cm³/mol. The third-order valence-corrected chi connectivity index (χ3v) is 5.31. The number of carbonyl (C=O) groups is 1. The second-order valence-electron chi connectivity index (χ2n) is 6.77. The molecule has 1 amide bonds. The minimum atomic E-state index is -0.181. The number of aromatic hydroxyl groups is 1. The molecule has 1 aliphatic carbocycles. The summed E-state index contributed by atoms with van der Waals surface area (Å²) < 4.78 is 5.91. The lowest BCUT2D eigenvalue weighted by Gasteiger charge is -2.37. The number of pyridine rings is 1. The maximum atomic E-state index is 11.3. The Morgan fingerprint density at radius 2 is 2.08 bits per heavy atom. The van der Waals surface area contributed by atoms with Crippen molar-refractivity contribution in [1.29, 1.82) is 0 Å². The van der Waals surface area contributed by atoms with Crippen LogP contribution in [-0.4, -0.2) is 28.6 Å². The van der Waals surface area contributed by atoms with Gasteiger partial charge in [0.25, 0.3) is 0 Å². The van der Waals surface area contributed by atoms with Crippen LogP contribution in [0.1, 0.15) is 25.7 Å². The summed E-state index contributed by atoms with van der Waals surface area (Å²) in [5, 5.41) is 14.2. The zero-order valence-electron chi connectivity index (χ0n) is 13.4. The van der Waals surface area contributed by atoms with Crippen LogP contribution in [0.3, 0.4) is 0 Å². The average Bonchev–Trinajstić information content (AvgIpc) is 2.61. The molecule has 1 saturated carbocycles. The zero-order valence-corrected chi connectivity index (χ0v) is 13.4. The maximum absolute atomic E-state index is 11.3. The second kappa shape index (κ2) is 5.85. The third kappa shape index (κ3) is 2.62. The summed E-state index contributed by atoms with van der Waals surface area (Å²) in [5.41, 5.74) is 7.13. The van der Waals surface area contributed by atoms with Crippen molar-refractivity contribution in [2.24, 2.45) is 17.6 Å². The van der Waals surface area contributed by atoms with Gasteiger partial charge in [-0.05, 0) is 49.8 Å². The summed E-state index contributed by atoms with van der Waals surface area (Å²) in [5.74, 6) is 1.22. The molecule has 4 N–H and O–H groups in total. The number of hydrogen-bond acceptors (Lipinski definition) is 5. The molecule has 0 bridgehead atoms. The summed E-state index contributed by atoms with van der Waals surface area (Å²) in [7, 11) is 0. The van der Waals surface area contributed by atoms with Crippen molar-refractivity contribution in [1.82, 2.24) is 4.98 Å².